The highest BCUT2D eigenvalue weighted by Crippen LogP contribution is 2.36. The number of ether oxygens (including phenoxy) is 7. The van der Waals surface area contributed by atoms with Gasteiger partial charge >= 0.3 is 0 Å². The highest BCUT2D eigenvalue weighted by molar-refractivity contribution is 5.61. The number of benzene rings is 2. The second-order valence-corrected chi connectivity index (χ2v) is 11.4. The zero-order valence-electron chi connectivity index (χ0n) is 26.6. The second kappa shape index (κ2) is 18.5. The van der Waals surface area contributed by atoms with E-state index >= 15 is 0 Å². The van der Waals surface area contributed by atoms with Crippen LogP contribution in [0.4, 0.5) is 5.69 Å². The Morgan fingerprint density at radius 3 is 2.56 bits per heavy atom. The first-order valence-electron chi connectivity index (χ1n) is 15.8. The van der Waals surface area contributed by atoms with Gasteiger partial charge in [0.2, 0.25) is 0 Å². The van der Waals surface area contributed by atoms with Gasteiger partial charge in [-0.15, -0.1) is 0 Å². The molecule has 4 rings (SSSR count). The lowest BCUT2D eigenvalue weighted by Gasteiger charge is -2.39. The molecule has 43 heavy (non-hydrogen) atoms. The third-order valence-electron chi connectivity index (χ3n) is 8.08. The van der Waals surface area contributed by atoms with E-state index in [0.29, 0.717) is 52.9 Å². The fraction of sp³-hybridized carbons (Fsp3) is 0.647. The molecule has 0 spiro atoms. The van der Waals surface area contributed by atoms with Crippen LogP contribution in [0.15, 0.2) is 42.5 Å². The first-order valence-corrected chi connectivity index (χ1v) is 15.8. The summed E-state index contributed by atoms with van der Waals surface area (Å²) >= 11 is 0. The monoisotopic (exact) mass is 600 g/mol. The van der Waals surface area contributed by atoms with Gasteiger partial charge in [0, 0.05) is 58.9 Å². The largest absolute Gasteiger partial charge is 0.490 e. The summed E-state index contributed by atoms with van der Waals surface area (Å²) in [6.07, 6.45) is 1.08. The van der Waals surface area contributed by atoms with Crippen molar-refractivity contribution >= 4 is 5.69 Å². The van der Waals surface area contributed by atoms with E-state index in [-0.39, 0.29) is 24.0 Å². The smallest absolute Gasteiger partial charge is 0.142 e. The van der Waals surface area contributed by atoms with Gasteiger partial charge in [-0.1, -0.05) is 30.3 Å². The van der Waals surface area contributed by atoms with E-state index in [0.717, 1.165) is 61.8 Å². The minimum atomic E-state index is 0.00371. The van der Waals surface area contributed by atoms with Crippen molar-refractivity contribution in [3.05, 3.63) is 59.2 Å². The standard InChI is InChI=1S/C34H52N2O7/c1-5-41-26(2)22-40-23-27-7-10-29(11-8-27)34-30(25-39-18-17-38-4)20-35-21-33(34)43-24-28-9-12-32-31(19-28)36(14-16-42-32)13-6-15-37-3/h7-12,19,26,30,33-35H,5-6,13-18,20-25H2,1-4H3/t26?,30-,33-,34-/m0/s1. The molecule has 4 atom stereocenters. The Morgan fingerprint density at radius 1 is 0.953 bits per heavy atom. The number of hydrogen-bond donors (Lipinski definition) is 1. The average Bonchev–Trinajstić information content (AvgIpc) is 3.03. The van der Waals surface area contributed by atoms with Crippen LogP contribution in [0.2, 0.25) is 0 Å². The van der Waals surface area contributed by atoms with Crippen molar-refractivity contribution in [2.75, 3.05) is 91.5 Å². The van der Waals surface area contributed by atoms with Crippen molar-refractivity contribution in [1.82, 2.24) is 5.32 Å². The van der Waals surface area contributed by atoms with Crippen LogP contribution in [0, 0.1) is 5.92 Å². The van der Waals surface area contributed by atoms with Crippen LogP contribution in [0.5, 0.6) is 5.75 Å². The summed E-state index contributed by atoms with van der Waals surface area (Å²) in [5.74, 6) is 1.41. The fourth-order valence-electron chi connectivity index (χ4n) is 5.91. The predicted molar refractivity (Wildman–Crippen MR) is 168 cm³/mol. The molecule has 1 unspecified atom stereocenters. The molecule has 2 aromatic rings. The molecule has 1 saturated heterocycles. The predicted octanol–water partition coefficient (Wildman–Crippen LogP) is 4.41. The van der Waals surface area contributed by atoms with Crippen LogP contribution in [-0.4, -0.2) is 98.9 Å². The summed E-state index contributed by atoms with van der Waals surface area (Å²) in [4.78, 5) is 2.39. The Hall–Kier alpha value is -2.24. The second-order valence-electron chi connectivity index (χ2n) is 11.4. The summed E-state index contributed by atoms with van der Waals surface area (Å²) in [6, 6.07) is 15.2. The molecule has 0 amide bonds. The van der Waals surface area contributed by atoms with Gasteiger partial charge in [0.15, 0.2) is 0 Å². The van der Waals surface area contributed by atoms with E-state index in [9.17, 15) is 0 Å². The van der Waals surface area contributed by atoms with Gasteiger partial charge in [-0.2, -0.15) is 0 Å². The number of nitrogens with zero attached hydrogens (tertiary/aromatic N) is 1. The molecule has 0 aromatic heterocycles. The van der Waals surface area contributed by atoms with Gasteiger partial charge in [0.1, 0.15) is 12.4 Å². The zero-order valence-corrected chi connectivity index (χ0v) is 26.6. The molecule has 240 valence electrons. The maximum Gasteiger partial charge on any atom is 0.142 e. The fourth-order valence-corrected chi connectivity index (χ4v) is 5.91. The van der Waals surface area contributed by atoms with Crippen molar-refractivity contribution < 1.29 is 33.2 Å². The number of rotatable bonds is 19. The molecule has 0 saturated carbocycles. The van der Waals surface area contributed by atoms with Gasteiger partial charge < -0.3 is 43.4 Å². The van der Waals surface area contributed by atoms with E-state index in [1.54, 1.807) is 14.2 Å². The third-order valence-corrected chi connectivity index (χ3v) is 8.08. The molecular formula is C34H52N2O7. The van der Waals surface area contributed by atoms with Crippen LogP contribution < -0.4 is 15.0 Å². The molecule has 2 aromatic carbocycles. The van der Waals surface area contributed by atoms with Crippen LogP contribution in [0.1, 0.15) is 42.9 Å². The summed E-state index contributed by atoms with van der Waals surface area (Å²) in [6.45, 7) is 13.2. The minimum Gasteiger partial charge on any atom is -0.490 e. The number of methoxy groups -OCH3 is 2. The Labute approximate surface area is 258 Å². The number of hydrogen-bond acceptors (Lipinski definition) is 9. The quantitative estimate of drug-likeness (QED) is 0.236. The normalized spacial score (nSPS) is 20.9. The van der Waals surface area contributed by atoms with Crippen LogP contribution in [-0.2, 0) is 41.6 Å². The molecule has 1 N–H and O–H groups in total. The SMILES string of the molecule is CCOC(C)COCc1ccc([C@H]2[C@H](COCCOC)CNC[C@@H]2OCc2ccc3c(c2)N(CCCOC)CCO3)cc1. The van der Waals surface area contributed by atoms with E-state index in [4.69, 9.17) is 33.2 Å². The number of nitrogens with one attached hydrogen (secondary N) is 1. The third kappa shape index (κ3) is 10.4. The van der Waals surface area contributed by atoms with Crippen molar-refractivity contribution in [2.45, 2.75) is 51.6 Å². The summed E-state index contributed by atoms with van der Waals surface area (Å²) in [5.41, 5.74) is 4.70. The van der Waals surface area contributed by atoms with E-state index in [1.807, 2.05) is 13.8 Å². The topological polar surface area (TPSA) is 79.9 Å². The maximum absolute atomic E-state index is 6.70. The average molecular weight is 601 g/mol. The number of piperidine rings is 1. The molecule has 0 bridgehead atoms. The van der Waals surface area contributed by atoms with Gasteiger partial charge in [0.05, 0.1) is 64.1 Å². The van der Waals surface area contributed by atoms with Gasteiger partial charge in [-0.05, 0) is 49.1 Å². The maximum atomic E-state index is 6.70. The Kier molecular flexibility index (Phi) is 14.5. The molecule has 0 radical (unpaired) electrons. The number of anilines is 1. The molecule has 2 heterocycles. The zero-order chi connectivity index (χ0) is 30.3. The first kappa shape index (κ1) is 33.6. The van der Waals surface area contributed by atoms with Gasteiger partial charge in [0.25, 0.3) is 0 Å². The van der Waals surface area contributed by atoms with Gasteiger partial charge in [-0.3, -0.25) is 0 Å². The van der Waals surface area contributed by atoms with E-state index in [2.05, 4.69) is 52.7 Å². The minimum absolute atomic E-state index is 0.00371. The lowest BCUT2D eigenvalue weighted by Crippen LogP contribution is -2.48. The van der Waals surface area contributed by atoms with Crippen LogP contribution in [0.25, 0.3) is 0 Å². The van der Waals surface area contributed by atoms with Gasteiger partial charge in [-0.25, -0.2) is 0 Å². The molecule has 9 nitrogen and oxygen atoms in total. The van der Waals surface area contributed by atoms with Crippen molar-refractivity contribution in [3.8, 4) is 5.75 Å². The number of fused-ring (bicyclic) bond motifs is 1. The molecular weight excluding hydrogens is 548 g/mol. The molecule has 1 fully saturated rings. The first-order chi connectivity index (χ1) is 21.1. The van der Waals surface area contributed by atoms with Crippen molar-refractivity contribution in [3.63, 3.8) is 0 Å². The Balaban J connectivity index is 1.43. The summed E-state index contributed by atoms with van der Waals surface area (Å²) < 4.78 is 40.6. The van der Waals surface area contributed by atoms with Crippen molar-refractivity contribution in [1.29, 1.82) is 0 Å². The van der Waals surface area contributed by atoms with Crippen LogP contribution in [0.3, 0.4) is 0 Å². The molecule has 0 aliphatic carbocycles. The highest BCUT2D eigenvalue weighted by Gasteiger charge is 2.35. The van der Waals surface area contributed by atoms with Crippen LogP contribution >= 0.6 is 0 Å². The Bertz CT molecular complexity index is 1050. The molecule has 2 aliphatic rings. The molecule has 2 aliphatic heterocycles. The Morgan fingerprint density at radius 2 is 1.77 bits per heavy atom. The lowest BCUT2D eigenvalue weighted by molar-refractivity contribution is -0.0289. The lowest BCUT2D eigenvalue weighted by atomic mass is 9.79. The summed E-state index contributed by atoms with van der Waals surface area (Å²) in [5, 5.41) is 3.60. The van der Waals surface area contributed by atoms with Crippen molar-refractivity contribution in [2.24, 2.45) is 5.92 Å². The highest BCUT2D eigenvalue weighted by atomic mass is 16.5. The van der Waals surface area contributed by atoms with E-state index < -0.39 is 0 Å². The van der Waals surface area contributed by atoms with E-state index in [1.165, 1.54) is 5.56 Å². The molecule has 9 heteroatoms. The summed E-state index contributed by atoms with van der Waals surface area (Å²) in [7, 11) is 3.45.